The van der Waals surface area contributed by atoms with Crippen LogP contribution < -0.4 is 10.6 Å². The number of carbonyl (C=O) groups excluding carboxylic acids is 2. The minimum atomic E-state index is -0.715. The van der Waals surface area contributed by atoms with Gasteiger partial charge in [0.2, 0.25) is 5.96 Å². The lowest BCUT2D eigenvalue weighted by Crippen LogP contribution is -2.36. The summed E-state index contributed by atoms with van der Waals surface area (Å²) in [5.74, 6) is -1.30. The van der Waals surface area contributed by atoms with Crippen molar-refractivity contribution in [3.05, 3.63) is 0 Å². The normalized spacial score (nSPS) is 16.3. The summed E-state index contributed by atoms with van der Waals surface area (Å²) in [5.41, 5.74) is -0.625. The molecular formula is C9H15N3O3. The number of carbonyl (C=O) groups is 2. The van der Waals surface area contributed by atoms with E-state index in [1.807, 2.05) is 13.8 Å². The summed E-state index contributed by atoms with van der Waals surface area (Å²) in [4.78, 5) is 25.9. The van der Waals surface area contributed by atoms with Crippen LogP contribution in [-0.4, -0.2) is 35.0 Å². The molecule has 0 aliphatic carbocycles. The third-order valence-electron chi connectivity index (χ3n) is 2.63. The second-order valence-corrected chi connectivity index (χ2v) is 3.46. The summed E-state index contributed by atoms with van der Waals surface area (Å²) >= 11 is 0. The van der Waals surface area contributed by atoms with Crippen LogP contribution in [0.5, 0.6) is 0 Å². The highest BCUT2D eigenvalue weighted by molar-refractivity contribution is 6.45. The molecule has 84 valence electrons. The SMILES string of the molecule is CCC(CC)(CO)N=C1NC(=O)C(=O)N1. The predicted octanol–water partition coefficient (Wildman–Crippen LogP) is -0.860. The Morgan fingerprint density at radius 3 is 2.00 bits per heavy atom. The Hall–Kier alpha value is -1.43. The van der Waals surface area contributed by atoms with Gasteiger partial charge in [0.05, 0.1) is 12.1 Å². The Morgan fingerprint density at radius 1 is 1.20 bits per heavy atom. The quantitative estimate of drug-likeness (QED) is 0.531. The number of hydrogen-bond donors (Lipinski definition) is 3. The second-order valence-electron chi connectivity index (χ2n) is 3.46. The van der Waals surface area contributed by atoms with E-state index >= 15 is 0 Å². The number of rotatable bonds is 4. The van der Waals surface area contributed by atoms with Crippen LogP contribution >= 0.6 is 0 Å². The maximum atomic E-state index is 10.9. The number of nitrogens with one attached hydrogen (secondary N) is 2. The molecule has 0 unspecified atom stereocenters. The maximum absolute atomic E-state index is 10.9. The standard InChI is InChI=1S/C9H15N3O3/c1-3-9(4-2,5-13)12-8-10-6(14)7(15)11-8/h13H,3-5H2,1-2H3,(H2,10,11,12,14,15). The molecule has 0 aromatic carbocycles. The molecule has 2 amide bonds. The van der Waals surface area contributed by atoms with E-state index in [4.69, 9.17) is 0 Å². The van der Waals surface area contributed by atoms with E-state index in [-0.39, 0.29) is 12.6 Å². The van der Waals surface area contributed by atoms with Gasteiger partial charge in [-0.15, -0.1) is 0 Å². The number of nitrogens with zero attached hydrogens (tertiary/aromatic N) is 1. The molecule has 0 aromatic rings. The zero-order chi connectivity index (χ0) is 11.5. The molecule has 0 spiro atoms. The highest BCUT2D eigenvalue weighted by atomic mass is 16.3. The first-order chi connectivity index (χ1) is 7.06. The lowest BCUT2D eigenvalue weighted by atomic mass is 9.95. The van der Waals surface area contributed by atoms with Gasteiger partial charge in [-0.25, -0.2) is 4.99 Å². The molecular weight excluding hydrogens is 198 g/mol. The number of guanidine groups is 1. The Bertz CT molecular complexity index is 281. The van der Waals surface area contributed by atoms with Crippen molar-refractivity contribution in [1.82, 2.24) is 10.6 Å². The molecule has 0 saturated carbocycles. The van der Waals surface area contributed by atoms with Crippen molar-refractivity contribution in [2.75, 3.05) is 6.61 Å². The molecule has 0 bridgehead atoms. The monoisotopic (exact) mass is 213 g/mol. The fourth-order valence-corrected chi connectivity index (χ4v) is 1.32. The van der Waals surface area contributed by atoms with Gasteiger partial charge in [-0.3, -0.25) is 20.2 Å². The average Bonchev–Trinajstić information content (AvgIpc) is 2.55. The molecule has 15 heavy (non-hydrogen) atoms. The molecule has 6 nitrogen and oxygen atoms in total. The Balaban J connectivity index is 2.86. The summed E-state index contributed by atoms with van der Waals surface area (Å²) < 4.78 is 0. The minimum absolute atomic E-state index is 0.116. The van der Waals surface area contributed by atoms with E-state index in [9.17, 15) is 14.7 Å². The molecule has 1 heterocycles. The third kappa shape index (κ3) is 2.33. The van der Waals surface area contributed by atoms with Crippen LogP contribution in [0.3, 0.4) is 0 Å². The van der Waals surface area contributed by atoms with Gasteiger partial charge in [-0.05, 0) is 12.8 Å². The highest BCUT2D eigenvalue weighted by Gasteiger charge is 2.30. The molecule has 1 fully saturated rings. The van der Waals surface area contributed by atoms with Crippen molar-refractivity contribution in [3.8, 4) is 0 Å². The predicted molar refractivity (Wildman–Crippen MR) is 54.1 cm³/mol. The van der Waals surface area contributed by atoms with E-state index in [2.05, 4.69) is 15.6 Å². The summed E-state index contributed by atoms with van der Waals surface area (Å²) in [6.45, 7) is 3.67. The summed E-state index contributed by atoms with van der Waals surface area (Å²) in [5, 5.41) is 13.8. The van der Waals surface area contributed by atoms with Gasteiger partial charge in [0.1, 0.15) is 0 Å². The van der Waals surface area contributed by atoms with Crippen LogP contribution in [0.1, 0.15) is 26.7 Å². The molecule has 0 radical (unpaired) electrons. The number of amides is 2. The summed E-state index contributed by atoms with van der Waals surface area (Å²) in [6, 6.07) is 0. The smallest absolute Gasteiger partial charge is 0.316 e. The first-order valence-corrected chi connectivity index (χ1v) is 4.90. The molecule has 3 N–H and O–H groups in total. The van der Waals surface area contributed by atoms with Gasteiger partial charge < -0.3 is 5.11 Å². The first kappa shape index (κ1) is 11.6. The van der Waals surface area contributed by atoms with Gasteiger partial charge in [0.25, 0.3) is 0 Å². The van der Waals surface area contributed by atoms with Gasteiger partial charge in [0, 0.05) is 0 Å². The van der Waals surface area contributed by atoms with Crippen LogP contribution in [0.25, 0.3) is 0 Å². The van der Waals surface area contributed by atoms with Crippen LogP contribution in [0.2, 0.25) is 0 Å². The molecule has 1 aliphatic rings. The minimum Gasteiger partial charge on any atom is -0.394 e. The highest BCUT2D eigenvalue weighted by Crippen LogP contribution is 2.19. The number of aliphatic hydroxyl groups excluding tert-OH is 1. The zero-order valence-corrected chi connectivity index (χ0v) is 8.83. The topological polar surface area (TPSA) is 90.8 Å². The fourth-order valence-electron chi connectivity index (χ4n) is 1.32. The number of aliphatic hydroxyl groups is 1. The first-order valence-electron chi connectivity index (χ1n) is 4.90. The van der Waals surface area contributed by atoms with Crippen molar-refractivity contribution >= 4 is 17.8 Å². The Labute approximate surface area is 87.8 Å². The van der Waals surface area contributed by atoms with Crippen LogP contribution in [0.4, 0.5) is 0 Å². The third-order valence-corrected chi connectivity index (χ3v) is 2.63. The van der Waals surface area contributed by atoms with Crippen LogP contribution in [-0.2, 0) is 9.59 Å². The Kier molecular flexibility index (Phi) is 3.41. The van der Waals surface area contributed by atoms with E-state index in [0.717, 1.165) is 0 Å². The average molecular weight is 213 g/mol. The van der Waals surface area contributed by atoms with Crippen molar-refractivity contribution < 1.29 is 14.7 Å². The lowest BCUT2D eigenvalue weighted by Gasteiger charge is -2.24. The fraction of sp³-hybridized carbons (Fsp3) is 0.667. The van der Waals surface area contributed by atoms with Crippen LogP contribution in [0.15, 0.2) is 4.99 Å². The van der Waals surface area contributed by atoms with Crippen molar-refractivity contribution in [1.29, 1.82) is 0 Å². The molecule has 1 rings (SSSR count). The largest absolute Gasteiger partial charge is 0.394 e. The van der Waals surface area contributed by atoms with Crippen molar-refractivity contribution in [2.24, 2.45) is 4.99 Å². The number of aliphatic imine (C=N–C) groups is 1. The summed E-state index contributed by atoms with van der Waals surface area (Å²) in [6.07, 6.45) is 1.27. The Morgan fingerprint density at radius 2 is 1.67 bits per heavy atom. The molecule has 0 aromatic heterocycles. The van der Waals surface area contributed by atoms with E-state index < -0.39 is 17.4 Å². The van der Waals surface area contributed by atoms with Gasteiger partial charge in [0.15, 0.2) is 0 Å². The van der Waals surface area contributed by atoms with Crippen molar-refractivity contribution in [3.63, 3.8) is 0 Å². The van der Waals surface area contributed by atoms with Gasteiger partial charge in [-0.1, -0.05) is 13.8 Å². The molecule has 1 aliphatic heterocycles. The maximum Gasteiger partial charge on any atom is 0.316 e. The van der Waals surface area contributed by atoms with Crippen molar-refractivity contribution in [2.45, 2.75) is 32.2 Å². The van der Waals surface area contributed by atoms with E-state index in [1.54, 1.807) is 0 Å². The second kappa shape index (κ2) is 4.39. The molecule has 0 atom stereocenters. The van der Waals surface area contributed by atoms with Gasteiger partial charge >= 0.3 is 11.8 Å². The summed E-state index contributed by atoms with van der Waals surface area (Å²) in [7, 11) is 0. The number of hydrogen-bond acceptors (Lipinski definition) is 4. The molecule has 6 heteroatoms. The van der Waals surface area contributed by atoms with Gasteiger partial charge in [-0.2, -0.15) is 0 Å². The van der Waals surface area contributed by atoms with E-state index in [1.165, 1.54) is 0 Å². The van der Waals surface area contributed by atoms with Crippen LogP contribution in [0, 0.1) is 0 Å². The molecule has 1 saturated heterocycles. The zero-order valence-electron chi connectivity index (χ0n) is 8.83. The van der Waals surface area contributed by atoms with E-state index in [0.29, 0.717) is 12.8 Å². The lowest BCUT2D eigenvalue weighted by molar-refractivity contribution is -0.135.